The Morgan fingerprint density at radius 2 is 1.81 bits per heavy atom. The summed E-state index contributed by atoms with van der Waals surface area (Å²) in [6.45, 7) is -0.602. The molecular weight excluding hydrogens is 424 g/mol. The molecule has 32 heavy (non-hydrogen) atoms. The van der Waals surface area contributed by atoms with Crippen LogP contribution >= 0.6 is 0 Å². The Hall–Kier alpha value is -2.76. The number of aliphatic hydroxyl groups excluding tert-OH is 4. The van der Waals surface area contributed by atoms with Crippen LogP contribution in [0.3, 0.4) is 0 Å². The molecule has 0 unspecified atom stereocenters. The Kier molecular flexibility index (Phi) is 6.31. The lowest BCUT2D eigenvalue weighted by Gasteiger charge is -2.39. The molecule has 0 radical (unpaired) electrons. The first kappa shape index (κ1) is 22.4. The number of aromatic hydroxyl groups is 2. The van der Waals surface area contributed by atoms with E-state index in [0.29, 0.717) is 24.2 Å². The van der Waals surface area contributed by atoms with Crippen LogP contribution in [-0.2, 0) is 11.2 Å². The first-order chi connectivity index (χ1) is 15.3. The van der Waals surface area contributed by atoms with E-state index in [-0.39, 0.29) is 23.0 Å². The van der Waals surface area contributed by atoms with Gasteiger partial charge in [0.05, 0.1) is 13.7 Å². The van der Waals surface area contributed by atoms with E-state index in [1.54, 1.807) is 18.2 Å². The molecule has 2 aromatic rings. The highest BCUT2D eigenvalue weighted by Crippen LogP contribution is 2.44. The van der Waals surface area contributed by atoms with E-state index in [1.165, 1.54) is 19.2 Å². The maximum absolute atomic E-state index is 10.5. The number of benzene rings is 2. The molecule has 1 fully saturated rings. The number of aliphatic hydroxyl groups is 4. The number of fused-ring (bicyclic) bond motifs is 1. The van der Waals surface area contributed by atoms with E-state index in [1.807, 2.05) is 0 Å². The molecule has 0 aromatic heterocycles. The van der Waals surface area contributed by atoms with Crippen LogP contribution in [0.2, 0.25) is 0 Å². The van der Waals surface area contributed by atoms with Gasteiger partial charge in [-0.2, -0.15) is 0 Å². The van der Waals surface area contributed by atoms with Gasteiger partial charge in [0.25, 0.3) is 0 Å². The van der Waals surface area contributed by atoms with Gasteiger partial charge < -0.3 is 49.6 Å². The Labute approximate surface area is 183 Å². The van der Waals surface area contributed by atoms with E-state index in [0.717, 1.165) is 5.56 Å². The molecule has 2 heterocycles. The zero-order valence-corrected chi connectivity index (χ0v) is 17.3. The van der Waals surface area contributed by atoms with E-state index >= 15 is 0 Å². The van der Waals surface area contributed by atoms with Gasteiger partial charge in [-0.05, 0) is 42.2 Å². The summed E-state index contributed by atoms with van der Waals surface area (Å²) >= 11 is 0. The van der Waals surface area contributed by atoms with Crippen LogP contribution < -0.4 is 14.2 Å². The highest BCUT2D eigenvalue weighted by molar-refractivity contribution is 5.54. The Morgan fingerprint density at radius 1 is 1.03 bits per heavy atom. The lowest BCUT2D eigenvalue weighted by Crippen LogP contribution is -2.60. The summed E-state index contributed by atoms with van der Waals surface area (Å²) in [6.07, 6.45) is -6.52. The van der Waals surface area contributed by atoms with Crippen LogP contribution in [0, 0.1) is 0 Å². The molecular formula is C22H26O10. The zero-order valence-electron chi connectivity index (χ0n) is 17.3. The van der Waals surface area contributed by atoms with Crippen LogP contribution in [0.25, 0.3) is 0 Å². The SMILES string of the molecule is COc1c(O)cc([C@@H]2CCc3ccc(O)cc3O2)cc1O[C@@H]1O[C@H](CO)[C@H](O)[C@H](O)[C@H]1O. The van der Waals surface area contributed by atoms with Gasteiger partial charge in [0.15, 0.2) is 11.5 Å². The van der Waals surface area contributed by atoms with Crippen molar-refractivity contribution in [3.8, 4) is 28.7 Å². The summed E-state index contributed by atoms with van der Waals surface area (Å²) in [7, 11) is 1.32. The van der Waals surface area contributed by atoms with Crippen molar-refractivity contribution in [2.75, 3.05) is 13.7 Å². The lowest BCUT2D eigenvalue weighted by atomic mass is 9.96. The fourth-order valence-corrected chi connectivity index (χ4v) is 3.97. The molecule has 0 amide bonds. The third-order valence-corrected chi connectivity index (χ3v) is 5.72. The van der Waals surface area contributed by atoms with Gasteiger partial charge in [0.2, 0.25) is 12.0 Å². The van der Waals surface area contributed by atoms with Crippen molar-refractivity contribution >= 4 is 0 Å². The molecule has 2 aliphatic rings. The molecule has 0 bridgehead atoms. The standard InChI is InChI=1S/C22H26O10/c1-29-21-13(25)6-11(14-5-3-10-2-4-12(24)8-15(10)30-14)7-16(21)31-22-20(28)19(27)18(26)17(9-23)32-22/h2,4,6-8,14,17-20,22-28H,3,5,9H2,1H3/t14-,17+,18-,19-,20+,22+/m0/s1. The van der Waals surface area contributed by atoms with Crippen LogP contribution in [0.15, 0.2) is 30.3 Å². The lowest BCUT2D eigenvalue weighted by molar-refractivity contribution is -0.277. The topological polar surface area (TPSA) is 158 Å². The van der Waals surface area contributed by atoms with E-state index < -0.39 is 43.4 Å². The Balaban J connectivity index is 1.62. The minimum atomic E-state index is -1.62. The molecule has 6 atom stereocenters. The Bertz CT molecular complexity index is 962. The van der Waals surface area contributed by atoms with Gasteiger partial charge in [-0.3, -0.25) is 0 Å². The number of aryl methyl sites for hydroxylation is 1. The van der Waals surface area contributed by atoms with Crippen LogP contribution in [0.1, 0.15) is 23.7 Å². The predicted molar refractivity (Wildman–Crippen MR) is 109 cm³/mol. The van der Waals surface area contributed by atoms with Gasteiger partial charge >= 0.3 is 0 Å². The summed E-state index contributed by atoms with van der Waals surface area (Å²) in [5.41, 5.74) is 1.51. The van der Waals surface area contributed by atoms with Crippen LogP contribution in [-0.4, -0.2) is 75.1 Å². The number of hydrogen-bond donors (Lipinski definition) is 6. The molecule has 0 spiro atoms. The fourth-order valence-electron chi connectivity index (χ4n) is 3.97. The third kappa shape index (κ3) is 4.15. The molecule has 1 saturated heterocycles. The van der Waals surface area contributed by atoms with Crippen LogP contribution in [0.5, 0.6) is 28.7 Å². The first-order valence-electron chi connectivity index (χ1n) is 10.2. The molecule has 0 saturated carbocycles. The second-order valence-corrected chi connectivity index (χ2v) is 7.82. The minimum Gasteiger partial charge on any atom is -0.508 e. The summed E-state index contributed by atoms with van der Waals surface area (Å²) in [6, 6.07) is 7.93. The number of hydrogen-bond acceptors (Lipinski definition) is 10. The number of phenolic OH excluding ortho intramolecular Hbond substituents is 2. The summed E-state index contributed by atoms with van der Waals surface area (Å²) < 4.78 is 22.3. The molecule has 174 valence electrons. The second-order valence-electron chi connectivity index (χ2n) is 7.82. The maximum atomic E-state index is 10.5. The number of methoxy groups -OCH3 is 1. The summed E-state index contributed by atoms with van der Waals surface area (Å²) in [4.78, 5) is 0. The van der Waals surface area contributed by atoms with Crippen molar-refractivity contribution in [3.63, 3.8) is 0 Å². The normalized spacial score (nSPS) is 29.7. The molecule has 2 aliphatic heterocycles. The third-order valence-electron chi connectivity index (χ3n) is 5.72. The monoisotopic (exact) mass is 450 g/mol. The molecule has 6 N–H and O–H groups in total. The predicted octanol–water partition coefficient (Wildman–Crippen LogP) is 0.351. The van der Waals surface area contributed by atoms with Crippen LogP contribution in [0.4, 0.5) is 0 Å². The average molecular weight is 450 g/mol. The van der Waals surface area contributed by atoms with Gasteiger partial charge in [0.1, 0.15) is 42.0 Å². The largest absolute Gasteiger partial charge is 0.508 e. The van der Waals surface area contributed by atoms with Crippen molar-refractivity contribution < 1.29 is 49.6 Å². The quantitative estimate of drug-likeness (QED) is 0.375. The van der Waals surface area contributed by atoms with Crippen molar-refractivity contribution in [1.82, 2.24) is 0 Å². The molecule has 0 aliphatic carbocycles. The molecule has 10 heteroatoms. The van der Waals surface area contributed by atoms with Gasteiger partial charge in [-0.1, -0.05) is 6.07 Å². The van der Waals surface area contributed by atoms with Gasteiger partial charge in [-0.15, -0.1) is 0 Å². The summed E-state index contributed by atoms with van der Waals surface area (Å²) in [5.74, 6) is 0.355. The minimum absolute atomic E-state index is 0.0112. The van der Waals surface area contributed by atoms with E-state index in [4.69, 9.17) is 18.9 Å². The van der Waals surface area contributed by atoms with E-state index in [2.05, 4.69) is 0 Å². The van der Waals surface area contributed by atoms with Crippen molar-refractivity contribution in [1.29, 1.82) is 0 Å². The van der Waals surface area contributed by atoms with Crippen molar-refractivity contribution in [2.24, 2.45) is 0 Å². The number of phenols is 2. The second kappa shape index (κ2) is 9.00. The smallest absolute Gasteiger partial charge is 0.229 e. The molecule has 4 rings (SSSR count). The Morgan fingerprint density at radius 3 is 2.53 bits per heavy atom. The molecule has 2 aromatic carbocycles. The number of rotatable bonds is 5. The first-order valence-corrected chi connectivity index (χ1v) is 10.2. The fraction of sp³-hybridized carbons (Fsp3) is 0.455. The highest BCUT2D eigenvalue weighted by atomic mass is 16.7. The number of ether oxygens (including phenoxy) is 4. The van der Waals surface area contributed by atoms with Gasteiger partial charge in [0, 0.05) is 6.07 Å². The van der Waals surface area contributed by atoms with Crippen molar-refractivity contribution in [3.05, 3.63) is 41.5 Å². The van der Waals surface area contributed by atoms with Gasteiger partial charge in [-0.25, -0.2) is 0 Å². The molecule has 10 nitrogen and oxygen atoms in total. The maximum Gasteiger partial charge on any atom is 0.229 e. The van der Waals surface area contributed by atoms with E-state index in [9.17, 15) is 30.6 Å². The zero-order chi connectivity index (χ0) is 23.0. The highest BCUT2D eigenvalue weighted by Gasteiger charge is 2.45. The van der Waals surface area contributed by atoms with Crippen molar-refractivity contribution in [2.45, 2.75) is 49.7 Å². The average Bonchev–Trinajstić information content (AvgIpc) is 2.78. The summed E-state index contributed by atoms with van der Waals surface area (Å²) in [5, 5.41) is 59.8.